The first-order valence-corrected chi connectivity index (χ1v) is 4.65. The van der Waals surface area contributed by atoms with E-state index in [9.17, 15) is 0 Å². The molecule has 0 aliphatic rings. The van der Waals surface area contributed by atoms with E-state index in [1.54, 1.807) is 6.08 Å². The Morgan fingerprint density at radius 1 is 1.38 bits per heavy atom. The van der Waals surface area contributed by atoms with Gasteiger partial charge in [0.05, 0.1) is 0 Å². The summed E-state index contributed by atoms with van der Waals surface area (Å²) in [4.78, 5) is 0. The summed E-state index contributed by atoms with van der Waals surface area (Å²) in [6.07, 6.45) is 5.58. The zero-order valence-electron chi connectivity index (χ0n) is 5.94. The third-order valence-electron chi connectivity index (χ3n) is 0.329. The van der Waals surface area contributed by atoms with E-state index in [1.807, 2.05) is 19.1 Å². The minimum atomic E-state index is 0. The molecule has 0 amide bonds. The van der Waals surface area contributed by atoms with Gasteiger partial charge in [0, 0.05) is 0 Å². The summed E-state index contributed by atoms with van der Waals surface area (Å²) in [7, 11) is 1.31. The van der Waals surface area contributed by atoms with Crippen LogP contribution in [0, 0.1) is 0 Å². The Hall–Kier alpha value is 0.411. The monoisotopic (exact) mass is 162 g/mol. The summed E-state index contributed by atoms with van der Waals surface area (Å²) in [5.41, 5.74) is 0. The maximum atomic E-state index is 3.46. The van der Waals surface area contributed by atoms with Crippen LogP contribution in [0.5, 0.6) is 0 Å². The van der Waals surface area contributed by atoms with Crippen molar-refractivity contribution in [1.82, 2.24) is 0 Å². The van der Waals surface area contributed by atoms with Crippen molar-refractivity contribution in [3.8, 4) is 0 Å². The normalized spacial score (nSPS) is 6.75. The predicted molar refractivity (Wildman–Crippen MR) is 40.8 cm³/mol. The minimum Gasteiger partial charge on any atom is -0.0991 e. The Balaban J connectivity index is -0.0000000750. The molecule has 0 saturated carbocycles. The molecule has 0 nitrogen and oxygen atoms in total. The summed E-state index contributed by atoms with van der Waals surface area (Å²) < 4.78 is 0. The molecule has 0 atom stereocenters. The van der Waals surface area contributed by atoms with Crippen LogP contribution < -0.4 is 0 Å². The van der Waals surface area contributed by atoms with Gasteiger partial charge in [-0.25, -0.2) is 0 Å². The predicted octanol–water partition coefficient (Wildman–Crippen LogP) is 1.15. The van der Waals surface area contributed by atoms with Crippen LogP contribution >= 0.6 is 0 Å². The summed E-state index contributed by atoms with van der Waals surface area (Å²) in [5, 5.41) is 0. The topological polar surface area (TPSA) is 0 Å². The molecular formula is C6H14SiTi+2. The molecule has 0 radical (unpaired) electrons. The van der Waals surface area contributed by atoms with Gasteiger partial charge in [0.25, 0.3) is 0 Å². The van der Waals surface area contributed by atoms with Crippen LogP contribution in [0.4, 0.5) is 0 Å². The Kier molecular flexibility index (Phi) is 51.6. The largest absolute Gasteiger partial charge is 2.00 e. The van der Waals surface area contributed by atoms with Crippen LogP contribution in [0.25, 0.3) is 0 Å². The number of allylic oxidation sites excluding steroid dienone is 3. The first kappa shape index (κ1) is 15.8. The molecular weight excluding hydrogens is 148 g/mol. The number of hydrogen-bond acceptors (Lipinski definition) is 0. The molecule has 0 saturated heterocycles. The third-order valence-corrected chi connectivity index (χ3v) is 0.329. The SMILES string of the molecule is C=CC=CC.C[SiH3].[Ti+2]. The second-order valence-electron chi connectivity index (χ2n) is 0.761. The maximum Gasteiger partial charge on any atom is 2.00 e. The first-order valence-electron chi connectivity index (χ1n) is 2.65. The Morgan fingerprint density at radius 2 is 1.75 bits per heavy atom. The fraction of sp³-hybridized carbons (Fsp3) is 0.333. The van der Waals surface area contributed by atoms with E-state index < -0.39 is 0 Å². The Morgan fingerprint density at radius 3 is 1.75 bits per heavy atom. The number of rotatable bonds is 1. The molecule has 0 aromatic rings. The van der Waals surface area contributed by atoms with Crippen molar-refractivity contribution >= 4 is 10.2 Å². The minimum absolute atomic E-state index is 0. The van der Waals surface area contributed by atoms with Crippen molar-refractivity contribution in [3.05, 3.63) is 24.8 Å². The molecule has 0 bridgehead atoms. The second-order valence-corrected chi connectivity index (χ2v) is 0.761. The fourth-order valence-corrected chi connectivity index (χ4v) is 0.136. The van der Waals surface area contributed by atoms with Crippen LogP contribution in [0.3, 0.4) is 0 Å². The maximum absolute atomic E-state index is 3.46. The molecule has 0 unspecified atom stereocenters. The summed E-state index contributed by atoms with van der Waals surface area (Å²) in [6.45, 7) is 7.56. The fourth-order valence-electron chi connectivity index (χ4n) is 0.136. The van der Waals surface area contributed by atoms with E-state index in [-0.39, 0.29) is 21.7 Å². The third kappa shape index (κ3) is 32.3. The molecule has 0 aliphatic heterocycles. The summed E-state index contributed by atoms with van der Waals surface area (Å²) in [5.74, 6) is 0. The van der Waals surface area contributed by atoms with Crippen LogP contribution in [0.15, 0.2) is 24.8 Å². The summed E-state index contributed by atoms with van der Waals surface area (Å²) in [6, 6.07) is 0. The average Bonchev–Trinajstić information content (AvgIpc) is 1.75. The van der Waals surface area contributed by atoms with Crippen LogP contribution in [0.1, 0.15) is 6.92 Å². The standard InChI is InChI=1S/C5H8.CH6Si.Ti/c1-3-5-4-2;1-2;/h3-5H,1H2,2H3;1-2H3;/q;;+2. The van der Waals surface area contributed by atoms with Gasteiger partial charge >= 0.3 is 21.7 Å². The molecule has 2 heteroatoms. The molecule has 0 spiro atoms. The van der Waals surface area contributed by atoms with E-state index >= 15 is 0 Å². The van der Waals surface area contributed by atoms with Gasteiger partial charge in [0.1, 0.15) is 0 Å². The van der Waals surface area contributed by atoms with Crippen molar-refractivity contribution in [2.45, 2.75) is 13.5 Å². The Bertz CT molecular complexity index is 50.5. The molecule has 0 fully saturated rings. The van der Waals surface area contributed by atoms with Crippen LogP contribution in [-0.4, -0.2) is 10.2 Å². The quantitative estimate of drug-likeness (QED) is 0.400. The van der Waals surface area contributed by atoms with Crippen molar-refractivity contribution in [3.63, 3.8) is 0 Å². The molecule has 8 heavy (non-hydrogen) atoms. The van der Waals surface area contributed by atoms with Gasteiger partial charge in [-0.3, -0.25) is 0 Å². The summed E-state index contributed by atoms with van der Waals surface area (Å²) >= 11 is 0. The average molecular weight is 162 g/mol. The van der Waals surface area contributed by atoms with Gasteiger partial charge in [-0.2, -0.15) is 0 Å². The molecule has 0 aromatic heterocycles. The van der Waals surface area contributed by atoms with Crippen LogP contribution in [0.2, 0.25) is 6.55 Å². The van der Waals surface area contributed by atoms with Crippen LogP contribution in [-0.2, 0) is 21.7 Å². The smallest absolute Gasteiger partial charge is 0.0991 e. The number of hydrogen-bond donors (Lipinski definition) is 0. The van der Waals surface area contributed by atoms with Gasteiger partial charge in [-0.15, -0.1) is 0 Å². The molecule has 0 heterocycles. The zero-order chi connectivity index (χ0) is 6.12. The van der Waals surface area contributed by atoms with E-state index in [2.05, 4.69) is 13.1 Å². The van der Waals surface area contributed by atoms with Crippen molar-refractivity contribution in [1.29, 1.82) is 0 Å². The van der Waals surface area contributed by atoms with E-state index in [0.29, 0.717) is 0 Å². The molecule has 0 aromatic carbocycles. The van der Waals surface area contributed by atoms with Gasteiger partial charge < -0.3 is 0 Å². The van der Waals surface area contributed by atoms with Gasteiger partial charge in [-0.1, -0.05) is 31.4 Å². The second kappa shape index (κ2) is 26.2. The van der Waals surface area contributed by atoms with Gasteiger partial charge in [-0.05, 0) is 17.2 Å². The molecule has 0 rings (SSSR count). The van der Waals surface area contributed by atoms with E-state index in [4.69, 9.17) is 0 Å². The van der Waals surface area contributed by atoms with E-state index in [1.165, 1.54) is 10.2 Å². The van der Waals surface area contributed by atoms with Gasteiger partial charge in [0.2, 0.25) is 0 Å². The van der Waals surface area contributed by atoms with Crippen molar-refractivity contribution in [2.24, 2.45) is 0 Å². The van der Waals surface area contributed by atoms with Gasteiger partial charge in [0.15, 0.2) is 0 Å². The van der Waals surface area contributed by atoms with Crippen molar-refractivity contribution in [2.75, 3.05) is 0 Å². The van der Waals surface area contributed by atoms with Crippen molar-refractivity contribution < 1.29 is 21.7 Å². The first-order chi connectivity index (χ1) is 3.41. The molecule has 0 N–H and O–H groups in total. The molecule has 44 valence electrons. The zero-order valence-corrected chi connectivity index (χ0v) is 9.50. The Labute approximate surface area is 70.4 Å². The van der Waals surface area contributed by atoms with E-state index in [0.717, 1.165) is 0 Å². The molecule has 0 aliphatic carbocycles.